The van der Waals surface area contributed by atoms with Crippen LogP contribution in [0.15, 0.2) is 18.2 Å². The number of hydrogen-bond donors (Lipinski definition) is 3. The van der Waals surface area contributed by atoms with Crippen LogP contribution in [0.3, 0.4) is 0 Å². The van der Waals surface area contributed by atoms with Crippen LogP contribution in [-0.2, 0) is 22.4 Å². The number of pyridine rings is 1. The molecule has 39 heavy (non-hydrogen) atoms. The number of aromatic nitrogens is 3. The highest BCUT2D eigenvalue weighted by Crippen LogP contribution is 2.28. The van der Waals surface area contributed by atoms with Crippen LogP contribution in [0, 0.1) is 5.41 Å². The number of thiol groups is 1. The number of benzene rings is 1. The lowest BCUT2D eigenvalue weighted by atomic mass is 9.91. The molecule has 0 saturated carbocycles. The van der Waals surface area contributed by atoms with Crippen LogP contribution in [0.1, 0.15) is 77.6 Å². The number of rotatable bonds is 17. The number of nitrogens with two attached hydrogens (primary N) is 1. The number of nitrogens with zero attached hydrogens (tertiary/aromatic N) is 3. The van der Waals surface area contributed by atoms with Crippen molar-refractivity contribution in [1.29, 1.82) is 0 Å². The van der Waals surface area contributed by atoms with E-state index in [-0.39, 0.29) is 14.0 Å². The maximum absolute atomic E-state index is 11.3. The van der Waals surface area contributed by atoms with Gasteiger partial charge in [-0.3, -0.25) is 4.79 Å². The fraction of sp³-hybridized carbons (Fsp3) is 0.633. The molecule has 3 rings (SSSR count). The molecule has 9 heteroatoms. The lowest BCUT2D eigenvalue weighted by Crippen LogP contribution is -2.39. The summed E-state index contributed by atoms with van der Waals surface area (Å²) in [5, 5.41) is 0.995. The van der Waals surface area contributed by atoms with Crippen LogP contribution in [0.4, 0.5) is 5.82 Å². The number of hydrogen-bond acceptors (Lipinski definition) is 6. The summed E-state index contributed by atoms with van der Waals surface area (Å²) in [6, 6.07) is 6.50. The Morgan fingerprint density at radius 3 is 2.62 bits per heavy atom. The fourth-order valence-electron chi connectivity index (χ4n) is 5.05. The van der Waals surface area contributed by atoms with Gasteiger partial charge in [0.05, 0.1) is 22.2 Å². The molecule has 0 fully saturated rings. The van der Waals surface area contributed by atoms with Crippen LogP contribution >= 0.6 is 35.2 Å². The summed E-state index contributed by atoms with van der Waals surface area (Å²) in [5.74, 6) is 1.51. The minimum absolute atomic E-state index is 0.0179. The summed E-state index contributed by atoms with van der Waals surface area (Å²) in [6.07, 6.45) is 8.13. The molecule has 1 atom stereocenters. The van der Waals surface area contributed by atoms with Gasteiger partial charge in [0, 0.05) is 24.8 Å². The Morgan fingerprint density at radius 1 is 1.13 bits per heavy atom. The van der Waals surface area contributed by atoms with Gasteiger partial charge in [0.25, 0.3) is 0 Å². The Hall–Kier alpha value is -1.43. The highest BCUT2D eigenvalue weighted by Gasteiger charge is 2.26. The van der Waals surface area contributed by atoms with Crippen LogP contribution in [0.5, 0.6) is 0 Å². The predicted octanol–water partition coefficient (Wildman–Crippen LogP) is 6.76. The number of carbonyl (C=O) groups excluding carboxylic acids is 1. The van der Waals surface area contributed by atoms with E-state index in [0.29, 0.717) is 25.5 Å². The molecule has 0 aliphatic heterocycles. The number of ether oxygens (including phenoxy) is 1. The zero-order valence-electron chi connectivity index (χ0n) is 24.3. The molecule has 0 radical (unpaired) electrons. The smallest absolute Gasteiger partial charge is 0.186 e. The summed E-state index contributed by atoms with van der Waals surface area (Å²) >= 11 is 6.41. The first-order chi connectivity index (χ1) is 18.4. The largest absolute Gasteiger partial charge is 0.382 e. The number of halogens is 1. The van der Waals surface area contributed by atoms with Gasteiger partial charge in [0.15, 0.2) is 5.12 Å². The standard InChI is InChI=1S/C30H46IN5O2S/c1-6-7-12-24-34-26-22-16-21(13-14-23(22)33-28(32)27(26)35-24)11-9-8-10-15-36(5)18-30(4,31)20-38-19-29(2,3)17-25(37)39/h13-14,16H,6-12,15,17-20H2,1-5H3,(H2,32,33)(H,34,35)(H,37,39). The van der Waals surface area contributed by atoms with Gasteiger partial charge in [0.1, 0.15) is 22.7 Å². The fourth-order valence-corrected chi connectivity index (χ4v) is 6.28. The van der Waals surface area contributed by atoms with Crippen LogP contribution in [0.25, 0.3) is 21.9 Å². The molecule has 0 amide bonds. The molecule has 0 aliphatic carbocycles. The number of fused-ring (bicyclic) bond motifs is 3. The molecule has 1 unspecified atom stereocenters. The molecule has 3 N–H and O–H groups in total. The first kappa shape index (κ1) is 32.1. The Balaban J connectivity index is 1.45. The number of nitrogens with one attached hydrogen (secondary N) is 1. The van der Waals surface area contributed by atoms with Gasteiger partial charge in [-0.1, -0.05) is 62.3 Å². The summed E-state index contributed by atoms with van der Waals surface area (Å²) in [5.41, 5.74) is 10.1. The molecule has 2 aromatic heterocycles. The Kier molecular flexibility index (Phi) is 11.9. The molecule has 3 aromatic rings. The van der Waals surface area contributed by atoms with Crippen molar-refractivity contribution in [2.45, 2.75) is 82.5 Å². The number of aryl methyl sites for hydroxylation is 2. The van der Waals surface area contributed by atoms with Gasteiger partial charge in [-0.25, -0.2) is 9.97 Å². The number of aromatic amines is 1. The molecule has 0 spiro atoms. The maximum Gasteiger partial charge on any atom is 0.186 e. The second-order valence-corrected chi connectivity index (χ2v) is 15.2. The van der Waals surface area contributed by atoms with E-state index in [9.17, 15) is 4.79 Å². The van der Waals surface area contributed by atoms with Gasteiger partial charge in [-0.15, -0.1) is 12.6 Å². The maximum atomic E-state index is 11.3. The molecule has 2 heterocycles. The van der Waals surface area contributed by atoms with E-state index in [4.69, 9.17) is 15.5 Å². The second kappa shape index (κ2) is 14.5. The third-order valence-electron chi connectivity index (χ3n) is 6.96. The number of nitrogen functional groups attached to an aromatic ring is 1. The summed E-state index contributed by atoms with van der Waals surface area (Å²) in [4.78, 5) is 26.6. The van der Waals surface area contributed by atoms with Crippen molar-refractivity contribution < 1.29 is 9.53 Å². The normalized spacial score (nSPS) is 13.9. The van der Waals surface area contributed by atoms with Crippen molar-refractivity contribution in [3.63, 3.8) is 0 Å². The lowest BCUT2D eigenvalue weighted by molar-refractivity contribution is -0.113. The number of unbranched alkanes of at least 4 members (excludes halogenated alkanes) is 3. The van der Waals surface area contributed by atoms with Crippen molar-refractivity contribution in [3.05, 3.63) is 29.6 Å². The third kappa shape index (κ3) is 10.2. The SMILES string of the molecule is CCCCc1nc2c([nH]1)c(N)nc1ccc(CCCCCN(C)CC(C)(I)COCC(C)(C)CC(=O)S)cc12. The van der Waals surface area contributed by atoms with Crippen LogP contribution < -0.4 is 5.73 Å². The topological polar surface area (TPSA) is 97.1 Å². The quantitative estimate of drug-likeness (QED) is 0.0637. The second-order valence-electron chi connectivity index (χ2n) is 12.0. The van der Waals surface area contributed by atoms with E-state index in [1.54, 1.807) is 0 Å². The molecule has 216 valence electrons. The van der Waals surface area contributed by atoms with Gasteiger partial charge in [-0.05, 0) is 69.3 Å². The molecule has 0 bridgehead atoms. The third-order valence-corrected chi connectivity index (χ3v) is 7.77. The average molecular weight is 668 g/mol. The predicted molar refractivity (Wildman–Crippen MR) is 175 cm³/mol. The molecular formula is C30H46IN5O2S. The van der Waals surface area contributed by atoms with E-state index in [2.05, 4.69) is 89.2 Å². The van der Waals surface area contributed by atoms with Crippen molar-refractivity contribution in [2.75, 3.05) is 39.1 Å². The molecule has 0 saturated heterocycles. The molecule has 7 nitrogen and oxygen atoms in total. The Labute approximate surface area is 253 Å². The first-order valence-electron chi connectivity index (χ1n) is 14.1. The first-order valence-corrected chi connectivity index (χ1v) is 15.7. The van der Waals surface area contributed by atoms with E-state index < -0.39 is 0 Å². The zero-order valence-corrected chi connectivity index (χ0v) is 27.3. The van der Waals surface area contributed by atoms with Gasteiger partial charge >= 0.3 is 0 Å². The Morgan fingerprint density at radius 2 is 1.90 bits per heavy atom. The number of carbonyl (C=O) groups is 1. The highest BCUT2D eigenvalue weighted by atomic mass is 127. The van der Waals surface area contributed by atoms with Crippen LogP contribution in [0.2, 0.25) is 0 Å². The van der Waals surface area contributed by atoms with Crippen molar-refractivity contribution in [3.8, 4) is 0 Å². The Bertz CT molecular complexity index is 1240. The number of H-pyrrole nitrogens is 1. The number of anilines is 1. The zero-order chi connectivity index (χ0) is 28.6. The van der Waals surface area contributed by atoms with Crippen molar-refractivity contribution in [1.82, 2.24) is 19.9 Å². The molecular weight excluding hydrogens is 621 g/mol. The summed E-state index contributed by atoms with van der Waals surface area (Å²) < 4.78 is 6.02. The lowest BCUT2D eigenvalue weighted by Gasteiger charge is -2.30. The molecule has 0 aliphatic rings. The average Bonchev–Trinajstić information content (AvgIpc) is 3.26. The van der Waals surface area contributed by atoms with Crippen molar-refractivity contribution >= 4 is 68.1 Å². The van der Waals surface area contributed by atoms with Crippen molar-refractivity contribution in [2.24, 2.45) is 5.41 Å². The van der Waals surface area contributed by atoms with E-state index in [1.807, 2.05) is 13.8 Å². The molecule has 1 aromatic carbocycles. The minimum atomic E-state index is -0.186. The van der Waals surface area contributed by atoms with Gasteiger partial charge < -0.3 is 20.4 Å². The summed E-state index contributed by atoms with van der Waals surface area (Å²) in [6.45, 7) is 11.8. The number of imidazole rings is 1. The highest BCUT2D eigenvalue weighted by molar-refractivity contribution is 14.1. The summed E-state index contributed by atoms with van der Waals surface area (Å²) in [7, 11) is 2.19. The van der Waals surface area contributed by atoms with Gasteiger partial charge in [0.2, 0.25) is 0 Å². The monoisotopic (exact) mass is 667 g/mol. The van der Waals surface area contributed by atoms with E-state index >= 15 is 0 Å². The number of alkyl halides is 1. The van der Waals surface area contributed by atoms with Crippen LogP contribution in [-0.4, -0.2) is 61.7 Å². The van der Waals surface area contributed by atoms with E-state index in [0.717, 1.165) is 79.4 Å². The van der Waals surface area contributed by atoms with Gasteiger partial charge in [-0.2, -0.15) is 0 Å². The minimum Gasteiger partial charge on any atom is -0.382 e. The van der Waals surface area contributed by atoms with E-state index in [1.165, 1.54) is 12.0 Å².